The number of benzene rings is 1. The van der Waals surface area contributed by atoms with Gasteiger partial charge < -0.3 is 0 Å². The van der Waals surface area contributed by atoms with E-state index in [4.69, 9.17) is 0 Å². The van der Waals surface area contributed by atoms with E-state index >= 15 is 0 Å². The lowest BCUT2D eigenvalue weighted by Gasteiger charge is -2.06. The minimum absolute atomic E-state index is 0.0253. The van der Waals surface area contributed by atoms with E-state index in [1.54, 1.807) is 6.92 Å². The summed E-state index contributed by atoms with van der Waals surface area (Å²) >= 11 is 0. The number of hydrogen-bond donors (Lipinski definition) is 1. The summed E-state index contributed by atoms with van der Waals surface area (Å²) in [5, 5.41) is 0. The lowest BCUT2D eigenvalue weighted by molar-refractivity contribution is 0.602. The average Bonchev–Trinajstić information content (AvgIpc) is 2.11. The molecule has 0 bridgehead atoms. The van der Waals surface area contributed by atoms with Crippen molar-refractivity contribution in [3.05, 3.63) is 29.6 Å². The van der Waals surface area contributed by atoms with Gasteiger partial charge in [0.05, 0.1) is 11.4 Å². The number of halogens is 1. The molecule has 78 valence electrons. The maximum atomic E-state index is 13.0. The fourth-order valence-corrected chi connectivity index (χ4v) is 1.54. The van der Waals surface area contributed by atoms with Gasteiger partial charge >= 0.3 is 0 Å². The standard InChI is InChI=1S/C9H12FNO2S/c1-3-14(12,13)11-8-5-4-7(2)9(10)6-8/h4-6,11H,3H2,1-2H3. The molecule has 0 saturated carbocycles. The highest BCUT2D eigenvalue weighted by Crippen LogP contribution is 2.14. The van der Waals surface area contributed by atoms with E-state index in [1.165, 1.54) is 25.1 Å². The number of rotatable bonds is 3. The Morgan fingerprint density at radius 3 is 2.57 bits per heavy atom. The van der Waals surface area contributed by atoms with Crippen molar-refractivity contribution in [3.8, 4) is 0 Å². The minimum Gasteiger partial charge on any atom is -0.283 e. The summed E-state index contributed by atoms with van der Waals surface area (Å²) in [5.41, 5.74) is 0.749. The van der Waals surface area contributed by atoms with Crippen LogP contribution in [0, 0.1) is 12.7 Å². The fraction of sp³-hybridized carbons (Fsp3) is 0.333. The molecule has 0 unspecified atom stereocenters. The molecule has 0 amide bonds. The molecule has 1 aromatic rings. The van der Waals surface area contributed by atoms with Crippen LogP contribution in [0.15, 0.2) is 18.2 Å². The van der Waals surface area contributed by atoms with Crippen LogP contribution in [0.2, 0.25) is 0 Å². The van der Waals surface area contributed by atoms with Crippen molar-refractivity contribution in [2.24, 2.45) is 0 Å². The Balaban J connectivity index is 2.94. The van der Waals surface area contributed by atoms with Crippen LogP contribution in [0.4, 0.5) is 10.1 Å². The van der Waals surface area contributed by atoms with E-state index in [1.807, 2.05) is 0 Å². The quantitative estimate of drug-likeness (QED) is 0.840. The first-order valence-electron chi connectivity index (χ1n) is 4.21. The molecule has 1 N–H and O–H groups in total. The zero-order valence-electron chi connectivity index (χ0n) is 8.04. The molecule has 0 atom stereocenters. The van der Waals surface area contributed by atoms with Gasteiger partial charge in [0.2, 0.25) is 10.0 Å². The highest BCUT2D eigenvalue weighted by molar-refractivity contribution is 7.92. The van der Waals surface area contributed by atoms with Crippen LogP contribution in [0.1, 0.15) is 12.5 Å². The Labute approximate surface area is 83.0 Å². The number of anilines is 1. The first-order chi connectivity index (χ1) is 6.44. The molecule has 0 aromatic heterocycles. The van der Waals surface area contributed by atoms with Crippen molar-refractivity contribution in [2.75, 3.05) is 10.5 Å². The van der Waals surface area contributed by atoms with Gasteiger partial charge in [0, 0.05) is 0 Å². The van der Waals surface area contributed by atoms with E-state index < -0.39 is 15.8 Å². The van der Waals surface area contributed by atoms with Crippen molar-refractivity contribution in [3.63, 3.8) is 0 Å². The summed E-state index contributed by atoms with van der Waals surface area (Å²) in [6, 6.07) is 4.23. The Hall–Kier alpha value is -1.10. The van der Waals surface area contributed by atoms with Crippen LogP contribution in [0.5, 0.6) is 0 Å². The summed E-state index contributed by atoms with van der Waals surface area (Å²) in [7, 11) is -3.32. The number of sulfonamides is 1. The molecule has 0 aliphatic rings. The summed E-state index contributed by atoms with van der Waals surface area (Å²) in [4.78, 5) is 0. The van der Waals surface area contributed by atoms with Gasteiger partial charge in [0.15, 0.2) is 0 Å². The number of nitrogens with one attached hydrogen (secondary N) is 1. The van der Waals surface area contributed by atoms with E-state index in [9.17, 15) is 12.8 Å². The van der Waals surface area contributed by atoms with E-state index in [2.05, 4.69) is 4.72 Å². The van der Waals surface area contributed by atoms with Crippen LogP contribution < -0.4 is 4.72 Å². The van der Waals surface area contributed by atoms with Crippen LogP contribution in [-0.2, 0) is 10.0 Å². The van der Waals surface area contributed by atoms with Gasteiger partial charge in [-0.05, 0) is 31.5 Å². The Bertz CT molecular complexity index is 428. The van der Waals surface area contributed by atoms with Gasteiger partial charge in [-0.15, -0.1) is 0 Å². The molecule has 14 heavy (non-hydrogen) atoms. The van der Waals surface area contributed by atoms with Crippen molar-refractivity contribution >= 4 is 15.7 Å². The second kappa shape index (κ2) is 3.96. The van der Waals surface area contributed by atoms with E-state index in [-0.39, 0.29) is 11.4 Å². The highest BCUT2D eigenvalue weighted by atomic mass is 32.2. The fourth-order valence-electron chi connectivity index (χ4n) is 0.908. The summed E-state index contributed by atoms with van der Waals surface area (Å²) < 4.78 is 37.6. The van der Waals surface area contributed by atoms with Crippen LogP contribution >= 0.6 is 0 Å². The SMILES string of the molecule is CCS(=O)(=O)Nc1ccc(C)c(F)c1. The largest absolute Gasteiger partial charge is 0.283 e. The van der Waals surface area contributed by atoms with Crippen molar-refractivity contribution in [1.29, 1.82) is 0 Å². The molecule has 1 rings (SSSR count). The second-order valence-corrected chi connectivity index (χ2v) is 4.98. The summed E-state index contributed by atoms with van der Waals surface area (Å²) in [6.07, 6.45) is 0. The molecule has 3 nitrogen and oxygen atoms in total. The second-order valence-electron chi connectivity index (χ2n) is 2.97. The van der Waals surface area contributed by atoms with Gasteiger partial charge in [-0.2, -0.15) is 0 Å². The monoisotopic (exact) mass is 217 g/mol. The average molecular weight is 217 g/mol. The van der Waals surface area contributed by atoms with E-state index in [0.29, 0.717) is 5.56 Å². The molecular weight excluding hydrogens is 205 g/mol. The summed E-state index contributed by atoms with van der Waals surface area (Å²) in [5.74, 6) is -0.441. The summed E-state index contributed by atoms with van der Waals surface area (Å²) in [6.45, 7) is 3.14. The third-order valence-corrected chi connectivity index (χ3v) is 3.13. The minimum atomic E-state index is -3.32. The van der Waals surface area contributed by atoms with Gasteiger partial charge in [-0.25, -0.2) is 12.8 Å². The van der Waals surface area contributed by atoms with Gasteiger partial charge in [0.25, 0.3) is 0 Å². The third kappa shape index (κ3) is 2.70. The normalized spacial score (nSPS) is 11.4. The predicted molar refractivity (Wildman–Crippen MR) is 54.2 cm³/mol. The lowest BCUT2D eigenvalue weighted by Crippen LogP contribution is -2.14. The van der Waals surface area contributed by atoms with Crippen LogP contribution in [-0.4, -0.2) is 14.2 Å². The zero-order chi connectivity index (χ0) is 10.8. The molecule has 0 spiro atoms. The number of hydrogen-bond acceptors (Lipinski definition) is 2. The van der Waals surface area contributed by atoms with Crippen LogP contribution in [0.3, 0.4) is 0 Å². The predicted octanol–water partition coefficient (Wildman–Crippen LogP) is 1.90. The Kier molecular flexibility index (Phi) is 3.10. The molecular formula is C9H12FNO2S. The van der Waals surface area contributed by atoms with Gasteiger partial charge in [0.1, 0.15) is 5.82 Å². The molecule has 0 aliphatic carbocycles. The van der Waals surface area contributed by atoms with Crippen LogP contribution in [0.25, 0.3) is 0 Å². The molecule has 0 radical (unpaired) electrons. The maximum absolute atomic E-state index is 13.0. The molecule has 0 saturated heterocycles. The lowest BCUT2D eigenvalue weighted by atomic mass is 10.2. The van der Waals surface area contributed by atoms with Crippen molar-refractivity contribution < 1.29 is 12.8 Å². The third-order valence-electron chi connectivity index (χ3n) is 1.83. The first kappa shape index (κ1) is 11.0. The van der Waals surface area contributed by atoms with Gasteiger partial charge in [-0.3, -0.25) is 4.72 Å². The topological polar surface area (TPSA) is 46.2 Å². The smallest absolute Gasteiger partial charge is 0.232 e. The first-order valence-corrected chi connectivity index (χ1v) is 5.86. The molecule has 0 aliphatic heterocycles. The van der Waals surface area contributed by atoms with Crippen molar-refractivity contribution in [2.45, 2.75) is 13.8 Å². The molecule has 5 heteroatoms. The molecule has 0 fully saturated rings. The highest BCUT2D eigenvalue weighted by Gasteiger charge is 2.07. The number of aryl methyl sites for hydroxylation is 1. The Morgan fingerprint density at radius 1 is 1.43 bits per heavy atom. The van der Waals surface area contributed by atoms with Gasteiger partial charge in [-0.1, -0.05) is 6.07 Å². The Morgan fingerprint density at radius 2 is 2.07 bits per heavy atom. The zero-order valence-corrected chi connectivity index (χ0v) is 8.86. The maximum Gasteiger partial charge on any atom is 0.232 e. The van der Waals surface area contributed by atoms with Crippen molar-refractivity contribution in [1.82, 2.24) is 0 Å². The molecule has 0 heterocycles. The molecule has 1 aromatic carbocycles. The van der Waals surface area contributed by atoms with E-state index in [0.717, 1.165) is 0 Å².